The molecule has 0 radical (unpaired) electrons. The van der Waals surface area contributed by atoms with E-state index in [0.717, 1.165) is 0 Å². The van der Waals surface area contributed by atoms with Gasteiger partial charge in [-0.2, -0.15) is 4.98 Å². The predicted octanol–water partition coefficient (Wildman–Crippen LogP) is -2.47. The summed E-state index contributed by atoms with van der Waals surface area (Å²) in [5.41, 5.74) is 5.50. The first-order valence-corrected chi connectivity index (χ1v) is 9.21. The third-order valence-electron chi connectivity index (χ3n) is 3.15. The molecule has 0 spiro atoms. The second-order valence-corrected chi connectivity index (χ2v) is 7.40. The lowest BCUT2D eigenvalue weighted by atomic mass is 10.2. The van der Waals surface area contributed by atoms with E-state index in [9.17, 15) is 9.90 Å². The Morgan fingerprint density at radius 2 is 2.12 bits per heavy atom. The summed E-state index contributed by atoms with van der Waals surface area (Å²) in [5, 5.41) is 18.8. The van der Waals surface area contributed by atoms with E-state index in [0.29, 0.717) is 0 Å². The van der Waals surface area contributed by atoms with Crippen LogP contribution in [0, 0.1) is 0 Å². The minimum Gasteiger partial charge on any atom is -0.394 e. The molecule has 1 saturated heterocycles. The number of nitrogen functional groups attached to an aromatic ring is 1. The first-order chi connectivity index (χ1) is 11.1. The number of hydrogen-bond donors (Lipinski definition) is 7. The van der Waals surface area contributed by atoms with Gasteiger partial charge in [0.2, 0.25) is 5.95 Å². The van der Waals surface area contributed by atoms with Crippen molar-refractivity contribution in [2.75, 3.05) is 12.3 Å². The van der Waals surface area contributed by atoms with Crippen LogP contribution in [0.3, 0.4) is 0 Å². The number of anilines is 1. The Hall–Kier alpha value is -1.44. The van der Waals surface area contributed by atoms with Crippen LogP contribution in [0.4, 0.5) is 5.95 Å². The molecule has 3 heterocycles. The van der Waals surface area contributed by atoms with Crippen molar-refractivity contribution in [3.8, 4) is 0 Å². The number of rotatable bonds is 2. The number of ether oxygens (including phenoxy) is 1. The molecule has 0 aliphatic carbocycles. The lowest BCUT2D eigenvalue weighted by molar-refractivity contribution is -0.0432. The number of aromatic amines is 1. The number of hydrogen-bond acceptors (Lipinski definition) is 8. The van der Waals surface area contributed by atoms with Crippen molar-refractivity contribution < 1.29 is 29.6 Å². The Morgan fingerprint density at radius 3 is 2.67 bits per heavy atom. The third kappa shape index (κ3) is 4.55. The molecule has 12 nitrogen and oxygen atoms in total. The smallest absolute Gasteiger partial charge is 0.319 e. The zero-order valence-corrected chi connectivity index (χ0v) is 13.8. The van der Waals surface area contributed by atoms with Crippen LogP contribution >= 0.6 is 6.72 Å². The van der Waals surface area contributed by atoms with Gasteiger partial charge in [0.25, 0.3) is 5.56 Å². The van der Waals surface area contributed by atoms with Gasteiger partial charge < -0.3 is 35.4 Å². The lowest BCUT2D eigenvalue weighted by Crippen LogP contribution is -2.24. The second-order valence-electron chi connectivity index (χ2n) is 4.90. The van der Waals surface area contributed by atoms with Gasteiger partial charge >= 0.3 is 6.72 Å². The van der Waals surface area contributed by atoms with Crippen LogP contribution in [0.5, 0.6) is 0 Å². The Labute approximate surface area is 139 Å². The number of fused-ring (bicyclic) bond motifs is 1. The molecule has 134 valence electrons. The van der Waals surface area contributed by atoms with Gasteiger partial charge in [-0.25, -0.2) is 4.98 Å². The van der Waals surface area contributed by atoms with Crippen molar-refractivity contribution in [2.45, 2.75) is 24.9 Å². The molecular weight excluding hydrogens is 365 g/mol. The normalized spacial score (nSPS) is 24.0. The SMILES string of the molecule is Nc1nc2c(ncn2[C@H]2C[C@H](O)[C@@H](CO)O2)c(=O)[nH]1.OP(O)(O)=S. The number of H-pyrrole nitrogens is 1. The molecule has 3 atom stereocenters. The van der Waals surface area contributed by atoms with E-state index in [1.165, 1.54) is 10.9 Å². The minimum atomic E-state index is -3.81. The summed E-state index contributed by atoms with van der Waals surface area (Å²) in [6, 6.07) is 0. The van der Waals surface area contributed by atoms with Gasteiger partial charge in [-0.15, -0.1) is 0 Å². The van der Waals surface area contributed by atoms with Crippen molar-refractivity contribution >= 4 is 35.6 Å². The topological polar surface area (TPSA) is 200 Å². The van der Waals surface area contributed by atoms with Gasteiger partial charge in [0, 0.05) is 6.42 Å². The van der Waals surface area contributed by atoms with Crippen LogP contribution in [-0.4, -0.2) is 63.2 Å². The molecule has 8 N–H and O–H groups in total. The zero-order valence-electron chi connectivity index (χ0n) is 12.1. The van der Waals surface area contributed by atoms with Crippen molar-refractivity contribution in [1.29, 1.82) is 0 Å². The van der Waals surface area contributed by atoms with Crippen LogP contribution in [-0.2, 0) is 16.5 Å². The summed E-state index contributed by atoms with van der Waals surface area (Å²) in [6.45, 7) is -4.08. The molecule has 24 heavy (non-hydrogen) atoms. The van der Waals surface area contributed by atoms with E-state index in [1.54, 1.807) is 0 Å². The molecule has 14 heteroatoms. The van der Waals surface area contributed by atoms with Crippen LogP contribution in [0.1, 0.15) is 12.6 Å². The highest BCUT2D eigenvalue weighted by Crippen LogP contribution is 2.30. The van der Waals surface area contributed by atoms with E-state index in [4.69, 9.17) is 30.3 Å². The number of nitrogens with zero attached hydrogens (tertiary/aromatic N) is 3. The van der Waals surface area contributed by atoms with Crippen molar-refractivity contribution in [3.05, 3.63) is 16.7 Å². The van der Waals surface area contributed by atoms with E-state index in [1.807, 2.05) is 0 Å². The maximum absolute atomic E-state index is 11.6. The van der Waals surface area contributed by atoms with Gasteiger partial charge in [0.05, 0.1) is 19.0 Å². The van der Waals surface area contributed by atoms with Crippen molar-refractivity contribution in [2.24, 2.45) is 0 Å². The summed E-state index contributed by atoms with van der Waals surface area (Å²) in [6.07, 6.45) is -0.270. The zero-order chi connectivity index (χ0) is 18.1. The van der Waals surface area contributed by atoms with Crippen LogP contribution < -0.4 is 11.3 Å². The average Bonchev–Trinajstić information content (AvgIpc) is 3.00. The maximum atomic E-state index is 11.6. The monoisotopic (exact) mass is 381 g/mol. The highest BCUT2D eigenvalue weighted by molar-refractivity contribution is 8.06. The molecule has 3 rings (SSSR count). The summed E-state index contributed by atoms with van der Waals surface area (Å²) < 4.78 is 7.01. The fraction of sp³-hybridized carbons (Fsp3) is 0.500. The highest BCUT2D eigenvalue weighted by atomic mass is 32.5. The molecule has 0 unspecified atom stereocenters. The number of nitrogens with one attached hydrogen (secondary N) is 1. The van der Waals surface area contributed by atoms with Gasteiger partial charge in [0.1, 0.15) is 12.3 Å². The molecular formula is C10H16N5O7PS. The Balaban J connectivity index is 0.000000368. The van der Waals surface area contributed by atoms with Gasteiger partial charge in [-0.1, -0.05) is 0 Å². The molecule has 1 aliphatic rings. The van der Waals surface area contributed by atoms with E-state index in [2.05, 4.69) is 26.8 Å². The average molecular weight is 381 g/mol. The molecule has 0 saturated carbocycles. The molecule has 1 aliphatic heterocycles. The van der Waals surface area contributed by atoms with E-state index < -0.39 is 30.7 Å². The fourth-order valence-corrected chi connectivity index (χ4v) is 2.20. The molecule has 0 amide bonds. The summed E-state index contributed by atoms with van der Waals surface area (Å²) in [7, 11) is 0. The second kappa shape index (κ2) is 7.21. The van der Waals surface area contributed by atoms with E-state index in [-0.39, 0.29) is 30.1 Å². The highest BCUT2D eigenvalue weighted by Gasteiger charge is 2.35. The Morgan fingerprint density at radius 1 is 1.50 bits per heavy atom. The lowest BCUT2D eigenvalue weighted by Gasteiger charge is -2.13. The summed E-state index contributed by atoms with van der Waals surface area (Å²) in [5.74, 6) is -0.0171. The maximum Gasteiger partial charge on any atom is 0.319 e. The van der Waals surface area contributed by atoms with Gasteiger partial charge in [-0.05, 0) is 11.8 Å². The Bertz CT molecular complexity index is 811. The molecule has 0 aromatic carbocycles. The summed E-state index contributed by atoms with van der Waals surface area (Å²) >= 11 is 3.60. The van der Waals surface area contributed by atoms with Crippen molar-refractivity contribution in [1.82, 2.24) is 19.5 Å². The van der Waals surface area contributed by atoms with Gasteiger partial charge in [-0.3, -0.25) is 14.3 Å². The van der Waals surface area contributed by atoms with E-state index >= 15 is 0 Å². The largest absolute Gasteiger partial charge is 0.394 e. The quantitative estimate of drug-likeness (QED) is 0.272. The standard InChI is InChI=1S/C10H13N5O4.H3O3PS/c11-10-13-8-7(9(18)14-10)12-3-15(8)6-1-4(17)5(2-16)19-6;1-4(2,3)5/h3-6,16-17H,1-2H2,(H3,11,13,14,18);(H3,1,2,3,5)/t4-,5+,6+;/m0./s1. The Kier molecular flexibility index (Phi) is 5.67. The molecule has 2 aromatic heterocycles. The fourth-order valence-electron chi connectivity index (χ4n) is 2.20. The number of imidazole rings is 1. The third-order valence-corrected chi connectivity index (χ3v) is 3.15. The molecule has 0 bridgehead atoms. The number of aliphatic hydroxyl groups excluding tert-OH is 2. The van der Waals surface area contributed by atoms with Crippen LogP contribution in [0.2, 0.25) is 0 Å². The first-order valence-electron chi connectivity index (χ1n) is 6.55. The first kappa shape index (κ1) is 18.9. The van der Waals surface area contributed by atoms with Gasteiger partial charge in [0.15, 0.2) is 11.2 Å². The predicted molar refractivity (Wildman–Crippen MR) is 85.1 cm³/mol. The number of aromatic nitrogens is 4. The minimum absolute atomic E-state index is 0.0171. The van der Waals surface area contributed by atoms with Crippen LogP contribution in [0.15, 0.2) is 11.1 Å². The summed E-state index contributed by atoms with van der Waals surface area (Å²) in [4.78, 5) is 44.6. The molecule has 1 fully saturated rings. The number of nitrogens with two attached hydrogens (primary N) is 1. The van der Waals surface area contributed by atoms with Crippen LogP contribution in [0.25, 0.3) is 11.2 Å². The van der Waals surface area contributed by atoms with Crippen molar-refractivity contribution in [3.63, 3.8) is 0 Å². The molecule has 2 aromatic rings. The number of aliphatic hydroxyl groups is 2.